The highest BCUT2D eigenvalue weighted by atomic mass is 32.2. The number of aliphatic hydroxyl groups is 1. The molecule has 3 nitrogen and oxygen atoms in total. The molecular formula is C14H22N2OS. The predicted octanol–water partition coefficient (Wildman–Crippen LogP) is 1.18. The molecule has 4 N–H and O–H groups in total. The van der Waals surface area contributed by atoms with Gasteiger partial charge in [0.1, 0.15) is 0 Å². The fourth-order valence-corrected chi connectivity index (χ4v) is 3.17. The van der Waals surface area contributed by atoms with Gasteiger partial charge in [-0.05, 0) is 48.8 Å². The summed E-state index contributed by atoms with van der Waals surface area (Å²) in [5.41, 5.74) is 8.24. The summed E-state index contributed by atoms with van der Waals surface area (Å²) in [6, 6.07) is 6.81. The lowest BCUT2D eigenvalue weighted by Crippen LogP contribution is -2.33. The molecule has 0 aliphatic carbocycles. The second-order valence-corrected chi connectivity index (χ2v) is 5.87. The van der Waals surface area contributed by atoms with Gasteiger partial charge in [0.25, 0.3) is 0 Å². The van der Waals surface area contributed by atoms with E-state index in [1.807, 2.05) is 11.8 Å². The van der Waals surface area contributed by atoms with E-state index >= 15 is 0 Å². The van der Waals surface area contributed by atoms with E-state index in [0.717, 1.165) is 13.0 Å². The SMILES string of the molecule is NCC(O)CNCCc1ccc2c(c1)CCCS2. The number of aliphatic hydroxyl groups excluding tert-OH is 1. The summed E-state index contributed by atoms with van der Waals surface area (Å²) in [5, 5.41) is 12.6. The summed E-state index contributed by atoms with van der Waals surface area (Å²) >= 11 is 1.97. The molecule has 0 bridgehead atoms. The van der Waals surface area contributed by atoms with Crippen molar-refractivity contribution in [1.29, 1.82) is 0 Å². The highest BCUT2D eigenvalue weighted by Gasteiger charge is 2.09. The van der Waals surface area contributed by atoms with Crippen molar-refractivity contribution in [2.45, 2.75) is 30.3 Å². The molecular weight excluding hydrogens is 244 g/mol. The summed E-state index contributed by atoms with van der Waals surface area (Å²) in [6.45, 7) is 1.79. The van der Waals surface area contributed by atoms with Crippen molar-refractivity contribution in [3.63, 3.8) is 0 Å². The minimum absolute atomic E-state index is 0.322. The van der Waals surface area contributed by atoms with Crippen LogP contribution in [0.3, 0.4) is 0 Å². The Morgan fingerprint density at radius 3 is 3.17 bits per heavy atom. The molecule has 1 atom stereocenters. The lowest BCUT2D eigenvalue weighted by molar-refractivity contribution is 0.180. The number of nitrogens with two attached hydrogens (primary N) is 1. The van der Waals surface area contributed by atoms with Gasteiger partial charge < -0.3 is 16.2 Å². The van der Waals surface area contributed by atoms with E-state index in [9.17, 15) is 5.11 Å². The van der Waals surface area contributed by atoms with Gasteiger partial charge in [0.2, 0.25) is 0 Å². The van der Waals surface area contributed by atoms with Crippen LogP contribution in [0.2, 0.25) is 0 Å². The van der Waals surface area contributed by atoms with Crippen molar-refractivity contribution in [3.8, 4) is 0 Å². The topological polar surface area (TPSA) is 58.3 Å². The third kappa shape index (κ3) is 3.99. The van der Waals surface area contributed by atoms with Crippen LogP contribution in [0.5, 0.6) is 0 Å². The second-order valence-electron chi connectivity index (χ2n) is 4.74. The highest BCUT2D eigenvalue weighted by molar-refractivity contribution is 7.99. The van der Waals surface area contributed by atoms with Crippen LogP contribution < -0.4 is 11.1 Å². The number of fused-ring (bicyclic) bond motifs is 1. The van der Waals surface area contributed by atoms with E-state index in [-0.39, 0.29) is 0 Å². The average Bonchev–Trinajstić information content (AvgIpc) is 2.43. The van der Waals surface area contributed by atoms with Crippen LogP contribution in [0.25, 0.3) is 0 Å². The van der Waals surface area contributed by atoms with Gasteiger partial charge in [-0.2, -0.15) is 0 Å². The van der Waals surface area contributed by atoms with E-state index in [0.29, 0.717) is 13.1 Å². The molecule has 0 fully saturated rings. The molecule has 0 amide bonds. The Kier molecular flexibility index (Phi) is 5.50. The molecule has 1 aromatic carbocycles. The summed E-state index contributed by atoms with van der Waals surface area (Å²) in [5.74, 6) is 1.25. The molecule has 0 aromatic heterocycles. The molecule has 2 rings (SSSR count). The van der Waals surface area contributed by atoms with Crippen molar-refractivity contribution in [2.75, 3.05) is 25.4 Å². The molecule has 1 heterocycles. The molecule has 100 valence electrons. The molecule has 1 unspecified atom stereocenters. The fraction of sp³-hybridized carbons (Fsp3) is 0.571. The maximum Gasteiger partial charge on any atom is 0.0786 e. The number of benzene rings is 1. The summed E-state index contributed by atoms with van der Waals surface area (Å²) < 4.78 is 0. The van der Waals surface area contributed by atoms with Gasteiger partial charge in [0.05, 0.1) is 6.10 Å². The van der Waals surface area contributed by atoms with Gasteiger partial charge in [-0.3, -0.25) is 0 Å². The number of rotatable bonds is 6. The van der Waals surface area contributed by atoms with Crippen molar-refractivity contribution < 1.29 is 5.11 Å². The van der Waals surface area contributed by atoms with Crippen molar-refractivity contribution in [3.05, 3.63) is 29.3 Å². The Labute approximate surface area is 113 Å². The molecule has 4 heteroatoms. The Morgan fingerprint density at radius 1 is 1.44 bits per heavy atom. The first-order valence-corrected chi connectivity index (χ1v) is 7.61. The monoisotopic (exact) mass is 266 g/mol. The molecule has 1 aliphatic heterocycles. The summed E-state index contributed by atoms with van der Waals surface area (Å²) in [6.07, 6.45) is 3.09. The predicted molar refractivity (Wildman–Crippen MR) is 77.1 cm³/mol. The fourth-order valence-electron chi connectivity index (χ4n) is 2.15. The molecule has 0 saturated carbocycles. The van der Waals surface area contributed by atoms with Gasteiger partial charge in [-0.1, -0.05) is 12.1 Å². The summed E-state index contributed by atoms with van der Waals surface area (Å²) in [4.78, 5) is 1.46. The first-order valence-electron chi connectivity index (χ1n) is 6.63. The standard InChI is InChI=1S/C14H22N2OS/c15-9-13(17)10-16-6-5-11-3-4-14-12(8-11)2-1-7-18-14/h3-4,8,13,16-17H,1-2,5-7,9-10,15H2. The van der Waals surface area contributed by atoms with Crippen molar-refractivity contribution in [1.82, 2.24) is 5.32 Å². The largest absolute Gasteiger partial charge is 0.390 e. The minimum atomic E-state index is -0.426. The van der Waals surface area contributed by atoms with Gasteiger partial charge in [0.15, 0.2) is 0 Å². The third-order valence-electron chi connectivity index (χ3n) is 3.22. The maximum absolute atomic E-state index is 9.32. The molecule has 0 radical (unpaired) electrons. The Balaban J connectivity index is 1.79. The normalized spacial score (nSPS) is 16.3. The van der Waals surface area contributed by atoms with Crippen LogP contribution in [0.15, 0.2) is 23.1 Å². The van der Waals surface area contributed by atoms with E-state index in [1.54, 1.807) is 0 Å². The molecule has 1 aromatic rings. The van der Waals surface area contributed by atoms with Gasteiger partial charge >= 0.3 is 0 Å². The van der Waals surface area contributed by atoms with Crippen LogP contribution in [0.4, 0.5) is 0 Å². The Morgan fingerprint density at radius 2 is 2.33 bits per heavy atom. The maximum atomic E-state index is 9.32. The van der Waals surface area contributed by atoms with Crippen LogP contribution in [-0.4, -0.2) is 36.6 Å². The van der Waals surface area contributed by atoms with Gasteiger partial charge in [-0.15, -0.1) is 11.8 Å². The number of hydrogen-bond donors (Lipinski definition) is 3. The quantitative estimate of drug-likeness (QED) is 0.677. The highest BCUT2D eigenvalue weighted by Crippen LogP contribution is 2.30. The number of thioether (sulfide) groups is 1. The molecule has 0 spiro atoms. The lowest BCUT2D eigenvalue weighted by Gasteiger charge is -2.16. The van der Waals surface area contributed by atoms with Gasteiger partial charge in [0, 0.05) is 18.0 Å². The van der Waals surface area contributed by atoms with E-state index in [1.165, 1.54) is 34.6 Å². The number of nitrogens with one attached hydrogen (secondary N) is 1. The van der Waals surface area contributed by atoms with E-state index < -0.39 is 6.10 Å². The second kappa shape index (κ2) is 7.14. The number of aryl methyl sites for hydroxylation is 1. The first kappa shape index (κ1) is 13.9. The molecule has 0 saturated heterocycles. The first-order chi connectivity index (χ1) is 8.79. The smallest absolute Gasteiger partial charge is 0.0786 e. The Hall–Kier alpha value is -0.550. The lowest BCUT2D eigenvalue weighted by atomic mass is 10.0. The van der Waals surface area contributed by atoms with Crippen LogP contribution in [-0.2, 0) is 12.8 Å². The third-order valence-corrected chi connectivity index (χ3v) is 4.42. The summed E-state index contributed by atoms with van der Waals surface area (Å²) in [7, 11) is 0. The van der Waals surface area contributed by atoms with Gasteiger partial charge in [-0.25, -0.2) is 0 Å². The van der Waals surface area contributed by atoms with E-state index in [4.69, 9.17) is 5.73 Å². The van der Waals surface area contributed by atoms with E-state index in [2.05, 4.69) is 23.5 Å². The molecule has 1 aliphatic rings. The van der Waals surface area contributed by atoms with Crippen molar-refractivity contribution in [2.24, 2.45) is 5.73 Å². The van der Waals surface area contributed by atoms with Crippen molar-refractivity contribution >= 4 is 11.8 Å². The Bertz CT molecular complexity index is 384. The zero-order valence-electron chi connectivity index (χ0n) is 10.7. The van der Waals surface area contributed by atoms with Crippen LogP contribution in [0.1, 0.15) is 17.5 Å². The zero-order valence-corrected chi connectivity index (χ0v) is 11.5. The van der Waals surface area contributed by atoms with Crippen LogP contribution in [0, 0.1) is 0 Å². The number of hydrogen-bond acceptors (Lipinski definition) is 4. The minimum Gasteiger partial charge on any atom is -0.390 e. The molecule has 18 heavy (non-hydrogen) atoms. The average molecular weight is 266 g/mol. The van der Waals surface area contributed by atoms with Crippen LogP contribution >= 0.6 is 11.8 Å². The zero-order chi connectivity index (χ0) is 12.8.